The van der Waals surface area contributed by atoms with Gasteiger partial charge in [-0.15, -0.1) is 16.8 Å². The number of anilines is 1. The minimum atomic E-state index is -3.25. The molecule has 0 aliphatic carbocycles. The highest BCUT2D eigenvalue weighted by Gasteiger charge is 2.31. The molecule has 1 atom stereocenters. The Bertz CT molecular complexity index is 659. The van der Waals surface area contributed by atoms with Gasteiger partial charge < -0.3 is 5.32 Å². The Labute approximate surface area is 144 Å². The van der Waals surface area contributed by atoms with Gasteiger partial charge in [-0.25, -0.2) is 12.7 Å². The number of sulfonamides is 1. The Morgan fingerprint density at radius 3 is 3.04 bits per heavy atom. The summed E-state index contributed by atoms with van der Waals surface area (Å²) in [6.07, 6.45) is 3.14. The highest BCUT2D eigenvalue weighted by molar-refractivity contribution is 8.01. The molecule has 1 amide bonds. The second kappa shape index (κ2) is 8.22. The van der Waals surface area contributed by atoms with Gasteiger partial charge in [-0.3, -0.25) is 4.79 Å². The zero-order chi connectivity index (χ0) is 16.9. The van der Waals surface area contributed by atoms with Gasteiger partial charge in [0.1, 0.15) is 0 Å². The lowest BCUT2D eigenvalue weighted by atomic mass is 9.99. The highest BCUT2D eigenvalue weighted by atomic mass is 32.2. The van der Waals surface area contributed by atoms with Crippen molar-refractivity contribution in [1.82, 2.24) is 14.5 Å². The maximum Gasteiger partial charge on any atom is 0.230 e. The van der Waals surface area contributed by atoms with Crippen molar-refractivity contribution in [3.8, 4) is 0 Å². The average molecular weight is 377 g/mol. The molecule has 1 aliphatic heterocycles. The van der Waals surface area contributed by atoms with Gasteiger partial charge in [0.15, 0.2) is 4.34 Å². The zero-order valence-corrected chi connectivity index (χ0v) is 15.3. The number of hydrogen-bond acceptors (Lipinski definition) is 7. The number of amides is 1. The number of rotatable bonds is 7. The predicted molar refractivity (Wildman–Crippen MR) is 93.2 cm³/mol. The average Bonchev–Trinajstić information content (AvgIpc) is 3.00. The normalized spacial score (nSPS) is 19.4. The van der Waals surface area contributed by atoms with E-state index in [2.05, 4.69) is 22.1 Å². The molecule has 0 aromatic carbocycles. The summed E-state index contributed by atoms with van der Waals surface area (Å²) in [5.41, 5.74) is 0. The van der Waals surface area contributed by atoms with Crippen LogP contribution in [0.5, 0.6) is 0 Å². The van der Waals surface area contributed by atoms with Gasteiger partial charge in [-0.05, 0) is 19.8 Å². The molecular formula is C13H20N4O3S3. The van der Waals surface area contributed by atoms with Gasteiger partial charge >= 0.3 is 0 Å². The van der Waals surface area contributed by atoms with Crippen LogP contribution in [0.15, 0.2) is 17.0 Å². The first-order valence-corrected chi connectivity index (χ1v) is 10.7. The fraction of sp³-hybridized carbons (Fsp3) is 0.615. The van der Waals surface area contributed by atoms with Gasteiger partial charge in [-0.2, -0.15) is 0 Å². The third kappa shape index (κ3) is 5.00. The van der Waals surface area contributed by atoms with Crippen molar-refractivity contribution in [1.29, 1.82) is 0 Å². The van der Waals surface area contributed by atoms with E-state index in [0.29, 0.717) is 24.5 Å². The van der Waals surface area contributed by atoms with Gasteiger partial charge in [-0.1, -0.05) is 29.2 Å². The first kappa shape index (κ1) is 18.4. The molecule has 1 saturated heterocycles. The molecule has 128 valence electrons. The summed E-state index contributed by atoms with van der Waals surface area (Å²) in [5, 5.41) is 11.1. The maximum atomic E-state index is 12.3. The van der Waals surface area contributed by atoms with Crippen LogP contribution in [-0.4, -0.2) is 53.4 Å². The molecule has 1 aromatic rings. The van der Waals surface area contributed by atoms with Gasteiger partial charge in [0.05, 0.1) is 11.7 Å². The summed E-state index contributed by atoms with van der Waals surface area (Å²) < 4.78 is 26.1. The van der Waals surface area contributed by atoms with Crippen LogP contribution in [0.2, 0.25) is 0 Å². The molecule has 1 aliphatic rings. The van der Waals surface area contributed by atoms with E-state index in [0.717, 1.165) is 10.1 Å². The summed E-state index contributed by atoms with van der Waals surface area (Å²) in [6, 6.07) is 0. The van der Waals surface area contributed by atoms with Gasteiger partial charge in [0, 0.05) is 18.8 Å². The molecule has 1 unspecified atom stereocenters. The SMILES string of the molecule is C=CCSc1nnc(NC(=O)C2CCCN(S(=O)(=O)CC)C2)s1. The second-order valence-electron chi connectivity index (χ2n) is 5.06. The van der Waals surface area contributed by atoms with Crippen molar-refractivity contribution in [2.45, 2.75) is 24.1 Å². The van der Waals surface area contributed by atoms with Crippen LogP contribution in [0.4, 0.5) is 5.13 Å². The molecule has 0 saturated carbocycles. The molecule has 1 N–H and O–H groups in total. The van der Waals surface area contributed by atoms with Crippen molar-refractivity contribution in [3.05, 3.63) is 12.7 Å². The third-order valence-corrected chi connectivity index (χ3v) is 7.29. The van der Waals surface area contributed by atoms with Gasteiger partial charge in [0.25, 0.3) is 0 Å². The third-order valence-electron chi connectivity index (χ3n) is 3.47. The lowest BCUT2D eigenvalue weighted by Gasteiger charge is -2.30. The van der Waals surface area contributed by atoms with Crippen molar-refractivity contribution >= 4 is 44.2 Å². The zero-order valence-electron chi connectivity index (χ0n) is 12.9. The monoisotopic (exact) mass is 376 g/mol. The number of nitrogens with zero attached hydrogens (tertiary/aromatic N) is 3. The summed E-state index contributed by atoms with van der Waals surface area (Å²) in [6.45, 7) is 5.97. The van der Waals surface area contributed by atoms with E-state index in [-0.39, 0.29) is 24.1 Å². The van der Waals surface area contributed by atoms with E-state index in [9.17, 15) is 13.2 Å². The van der Waals surface area contributed by atoms with E-state index < -0.39 is 10.0 Å². The van der Waals surface area contributed by atoms with Crippen molar-refractivity contribution in [2.75, 3.05) is 29.9 Å². The number of carbonyl (C=O) groups excluding carboxylic acids is 1. The van der Waals surface area contributed by atoms with Crippen LogP contribution in [0.25, 0.3) is 0 Å². The van der Waals surface area contributed by atoms with Crippen LogP contribution in [0.3, 0.4) is 0 Å². The summed E-state index contributed by atoms with van der Waals surface area (Å²) in [5.74, 6) is 0.243. The number of piperidine rings is 1. The fourth-order valence-electron chi connectivity index (χ4n) is 2.25. The van der Waals surface area contributed by atoms with E-state index in [1.807, 2.05) is 0 Å². The van der Waals surface area contributed by atoms with E-state index in [4.69, 9.17) is 0 Å². The summed E-state index contributed by atoms with van der Waals surface area (Å²) in [7, 11) is -3.25. The van der Waals surface area contributed by atoms with Crippen LogP contribution in [0.1, 0.15) is 19.8 Å². The Hall–Kier alpha value is -0.970. The molecule has 1 fully saturated rings. The molecule has 0 bridgehead atoms. The Morgan fingerprint density at radius 1 is 1.57 bits per heavy atom. The maximum absolute atomic E-state index is 12.3. The summed E-state index contributed by atoms with van der Waals surface area (Å²) in [4.78, 5) is 12.3. The largest absolute Gasteiger partial charge is 0.300 e. The Morgan fingerprint density at radius 2 is 2.35 bits per heavy atom. The highest BCUT2D eigenvalue weighted by Crippen LogP contribution is 2.27. The van der Waals surface area contributed by atoms with E-state index in [1.165, 1.54) is 27.4 Å². The smallest absolute Gasteiger partial charge is 0.230 e. The molecule has 23 heavy (non-hydrogen) atoms. The lowest BCUT2D eigenvalue weighted by molar-refractivity contribution is -0.120. The first-order valence-electron chi connectivity index (χ1n) is 7.32. The molecule has 1 aromatic heterocycles. The number of carbonyl (C=O) groups is 1. The summed E-state index contributed by atoms with van der Waals surface area (Å²) >= 11 is 2.80. The quantitative estimate of drug-likeness (QED) is 0.443. The number of nitrogens with one attached hydrogen (secondary N) is 1. The second-order valence-corrected chi connectivity index (χ2v) is 9.56. The van der Waals surface area contributed by atoms with Crippen molar-refractivity contribution in [2.24, 2.45) is 5.92 Å². The predicted octanol–water partition coefficient (Wildman–Crippen LogP) is 1.82. The van der Waals surface area contributed by atoms with Crippen molar-refractivity contribution < 1.29 is 13.2 Å². The molecule has 10 heteroatoms. The Kier molecular flexibility index (Phi) is 6.57. The molecule has 2 heterocycles. The first-order chi connectivity index (χ1) is 11.0. The topological polar surface area (TPSA) is 92.3 Å². The number of hydrogen-bond donors (Lipinski definition) is 1. The molecule has 0 spiro atoms. The number of thioether (sulfide) groups is 1. The minimum Gasteiger partial charge on any atom is -0.300 e. The minimum absolute atomic E-state index is 0.0572. The van der Waals surface area contributed by atoms with Crippen molar-refractivity contribution in [3.63, 3.8) is 0 Å². The van der Waals surface area contributed by atoms with Crippen LogP contribution < -0.4 is 5.32 Å². The standard InChI is InChI=1S/C13H20N4O3S3/c1-3-8-21-13-16-15-12(22-13)14-11(18)10-6-5-7-17(9-10)23(19,20)4-2/h3,10H,1,4-9H2,2H3,(H,14,15,18). The van der Waals surface area contributed by atoms with Crippen LogP contribution in [-0.2, 0) is 14.8 Å². The Balaban J connectivity index is 1.95. The fourth-order valence-corrected chi connectivity index (χ4v) is 4.94. The van der Waals surface area contributed by atoms with Crippen LogP contribution in [0, 0.1) is 5.92 Å². The molecule has 2 rings (SSSR count). The molecule has 0 radical (unpaired) electrons. The van der Waals surface area contributed by atoms with Crippen LogP contribution >= 0.6 is 23.1 Å². The number of aromatic nitrogens is 2. The lowest BCUT2D eigenvalue weighted by Crippen LogP contribution is -2.44. The van der Waals surface area contributed by atoms with E-state index >= 15 is 0 Å². The van der Waals surface area contributed by atoms with E-state index in [1.54, 1.807) is 13.0 Å². The molecule has 7 nitrogen and oxygen atoms in total. The molecular weight excluding hydrogens is 356 g/mol. The van der Waals surface area contributed by atoms with Gasteiger partial charge in [0.2, 0.25) is 21.1 Å².